The Balaban J connectivity index is 1.90. The van der Waals surface area contributed by atoms with Gasteiger partial charge in [-0.15, -0.1) is 0 Å². The van der Waals surface area contributed by atoms with Crippen molar-refractivity contribution in [3.05, 3.63) is 17.1 Å². The molecule has 1 atom stereocenters. The second-order valence-electron chi connectivity index (χ2n) is 6.01. The van der Waals surface area contributed by atoms with E-state index in [0.29, 0.717) is 12.5 Å². The second-order valence-corrected chi connectivity index (χ2v) is 6.01. The lowest BCUT2D eigenvalue weighted by Gasteiger charge is -2.33. The minimum absolute atomic E-state index is 0.275. The lowest BCUT2D eigenvalue weighted by Crippen LogP contribution is -2.39. The summed E-state index contributed by atoms with van der Waals surface area (Å²) in [7, 11) is 0. The van der Waals surface area contributed by atoms with E-state index in [0.717, 1.165) is 42.3 Å². The highest BCUT2D eigenvalue weighted by Crippen LogP contribution is 2.39. The maximum absolute atomic E-state index is 11.2. The van der Waals surface area contributed by atoms with Crippen molar-refractivity contribution in [1.29, 1.82) is 0 Å². The molecule has 1 aromatic heterocycles. The van der Waals surface area contributed by atoms with Gasteiger partial charge in [0.1, 0.15) is 11.6 Å². The molecule has 20 heavy (non-hydrogen) atoms. The van der Waals surface area contributed by atoms with Crippen molar-refractivity contribution < 1.29 is 9.90 Å². The Morgan fingerprint density at radius 3 is 2.65 bits per heavy atom. The molecule has 0 aromatic carbocycles. The fraction of sp³-hybridized carbons (Fsp3) is 0.667. The zero-order valence-electron chi connectivity index (χ0n) is 12.1. The summed E-state index contributed by atoms with van der Waals surface area (Å²) in [5.74, 6) is 1.45. The van der Waals surface area contributed by atoms with E-state index in [1.54, 1.807) is 0 Å². The molecule has 0 radical (unpaired) electrons. The molecule has 0 unspecified atom stereocenters. The molecule has 1 N–H and O–H groups in total. The van der Waals surface area contributed by atoms with Crippen LogP contribution in [0.1, 0.15) is 48.7 Å². The smallest absolute Gasteiger partial charge is 0.308 e. The molecule has 5 heteroatoms. The molecular weight excluding hydrogens is 254 g/mol. The number of anilines is 1. The number of piperidine rings is 1. The number of carboxylic acids is 1. The number of aryl methyl sites for hydroxylation is 1. The molecule has 108 valence electrons. The number of hydrogen-bond acceptors (Lipinski definition) is 4. The van der Waals surface area contributed by atoms with Gasteiger partial charge in [0.15, 0.2) is 0 Å². The normalized spacial score (nSPS) is 22.9. The highest BCUT2D eigenvalue weighted by Gasteiger charge is 2.31. The van der Waals surface area contributed by atoms with Crippen molar-refractivity contribution in [3.8, 4) is 0 Å². The topological polar surface area (TPSA) is 66.3 Å². The zero-order chi connectivity index (χ0) is 14.3. The van der Waals surface area contributed by atoms with Gasteiger partial charge in [0.2, 0.25) is 0 Å². The van der Waals surface area contributed by atoms with Crippen LogP contribution in [0.4, 0.5) is 5.82 Å². The van der Waals surface area contributed by atoms with E-state index in [1.165, 1.54) is 12.8 Å². The Labute approximate surface area is 119 Å². The predicted octanol–water partition coefficient (Wildman–Crippen LogP) is 2.27. The summed E-state index contributed by atoms with van der Waals surface area (Å²) in [6, 6.07) is 0. The molecular formula is C15H21N3O2. The Kier molecular flexibility index (Phi) is 3.36. The Morgan fingerprint density at radius 1 is 1.25 bits per heavy atom. The molecule has 0 spiro atoms. The molecule has 5 nitrogen and oxygen atoms in total. The van der Waals surface area contributed by atoms with Crippen LogP contribution >= 0.6 is 0 Å². The van der Waals surface area contributed by atoms with Gasteiger partial charge in [-0.05, 0) is 39.5 Å². The van der Waals surface area contributed by atoms with E-state index in [9.17, 15) is 9.90 Å². The SMILES string of the molecule is Cc1nc(C2CC2)nc(N2CCC[C@@H](C(=O)O)C2)c1C. The monoisotopic (exact) mass is 275 g/mol. The quantitative estimate of drug-likeness (QED) is 0.916. The third-order valence-corrected chi connectivity index (χ3v) is 4.39. The lowest BCUT2D eigenvalue weighted by atomic mass is 9.98. The number of nitrogens with zero attached hydrogens (tertiary/aromatic N) is 3. The summed E-state index contributed by atoms with van der Waals surface area (Å²) in [4.78, 5) is 22.7. The maximum Gasteiger partial charge on any atom is 0.308 e. The van der Waals surface area contributed by atoms with Crippen molar-refractivity contribution in [2.24, 2.45) is 5.92 Å². The molecule has 0 amide bonds. The molecule has 1 aliphatic carbocycles. The van der Waals surface area contributed by atoms with Crippen LogP contribution < -0.4 is 4.90 Å². The standard InChI is InChI=1S/C15H21N3O2/c1-9-10(2)16-13(11-5-6-11)17-14(9)18-7-3-4-12(8-18)15(19)20/h11-12H,3-8H2,1-2H3,(H,19,20)/t12-/m1/s1. The van der Waals surface area contributed by atoms with E-state index >= 15 is 0 Å². The fourth-order valence-electron chi connectivity index (χ4n) is 2.84. The van der Waals surface area contributed by atoms with E-state index in [1.807, 2.05) is 13.8 Å². The van der Waals surface area contributed by atoms with Crippen molar-refractivity contribution in [2.75, 3.05) is 18.0 Å². The van der Waals surface area contributed by atoms with Gasteiger partial charge in [-0.25, -0.2) is 9.97 Å². The zero-order valence-corrected chi connectivity index (χ0v) is 12.1. The summed E-state index contributed by atoms with van der Waals surface area (Å²) in [5.41, 5.74) is 2.11. The number of hydrogen-bond donors (Lipinski definition) is 1. The average Bonchev–Trinajstić information content (AvgIpc) is 3.26. The third kappa shape index (κ3) is 2.49. The van der Waals surface area contributed by atoms with Gasteiger partial charge in [-0.2, -0.15) is 0 Å². The Bertz CT molecular complexity index is 540. The summed E-state index contributed by atoms with van der Waals surface area (Å²) < 4.78 is 0. The van der Waals surface area contributed by atoms with Gasteiger partial charge in [-0.1, -0.05) is 0 Å². The number of carbonyl (C=O) groups is 1. The van der Waals surface area contributed by atoms with Crippen LogP contribution in [-0.4, -0.2) is 34.1 Å². The van der Waals surface area contributed by atoms with Gasteiger partial charge >= 0.3 is 5.97 Å². The number of carboxylic acid groups (broad SMARTS) is 1. The molecule has 2 heterocycles. The van der Waals surface area contributed by atoms with Crippen LogP contribution in [0.25, 0.3) is 0 Å². The van der Waals surface area contributed by atoms with Crippen LogP contribution in [0.15, 0.2) is 0 Å². The van der Waals surface area contributed by atoms with Gasteiger partial charge in [0.05, 0.1) is 5.92 Å². The molecule has 2 fully saturated rings. The van der Waals surface area contributed by atoms with Gasteiger partial charge in [0.25, 0.3) is 0 Å². The lowest BCUT2D eigenvalue weighted by molar-refractivity contribution is -0.141. The van der Waals surface area contributed by atoms with Crippen LogP contribution in [0, 0.1) is 19.8 Å². The molecule has 2 aliphatic rings. The first-order chi connectivity index (χ1) is 9.56. The van der Waals surface area contributed by atoms with Gasteiger partial charge in [0, 0.05) is 30.3 Å². The Morgan fingerprint density at radius 2 is 2.00 bits per heavy atom. The molecule has 1 saturated carbocycles. The van der Waals surface area contributed by atoms with Crippen LogP contribution in [0.5, 0.6) is 0 Å². The summed E-state index contributed by atoms with van der Waals surface area (Å²) >= 11 is 0. The van der Waals surface area contributed by atoms with Crippen LogP contribution in [0.2, 0.25) is 0 Å². The highest BCUT2D eigenvalue weighted by atomic mass is 16.4. The van der Waals surface area contributed by atoms with Gasteiger partial charge in [-0.3, -0.25) is 4.79 Å². The largest absolute Gasteiger partial charge is 0.481 e. The van der Waals surface area contributed by atoms with Gasteiger partial charge < -0.3 is 10.0 Å². The third-order valence-electron chi connectivity index (χ3n) is 4.39. The predicted molar refractivity (Wildman–Crippen MR) is 76.1 cm³/mol. The minimum Gasteiger partial charge on any atom is -0.481 e. The van der Waals surface area contributed by atoms with E-state index in [4.69, 9.17) is 4.98 Å². The first kappa shape index (κ1) is 13.3. The van der Waals surface area contributed by atoms with Crippen molar-refractivity contribution >= 4 is 11.8 Å². The first-order valence-corrected chi connectivity index (χ1v) is 7.39. The van der Waals surface area contributed by atoms with Crippen molar-refractivity contribution in [1.82, 2.24) is 9.97 Å². The number of rotatable bonds is 3. The summed E-state index contributed by atoms with van der Waals surface area (Å²) in [5, 5.41) is 9.22. The average molecular weight is 275 g/mol. The van der Waals surface area contributed by atoms with Crippen molar-refractivity contribution in [2.45, 2.75) is 45.4 Å². The summed E-state index contributed by atoms with van der Waals surface area (Å²) in [6.07, 6.45) is 4.04. The molecule has 1 aromatic rings. The second kappa shape index (κ2) is 5.04. The maximum atomic E-state index is 11.2. The van der Waals surface area contributed by atoms with Crippen LogP contribution in [-0.2, 0) is 4.79 Å². The highest BCUT2D eigenvalue weighted by molar-refractivity contribution is 5.71. The Hall–Kier alpha value is -1.65. The summed E-state index contributed by atoms with van der Waals surface area (Å²) in [6.45, 7) is 5.51. The number of aliphatic carboxylic acids is 1. The molecule has 1 aliphatic heterocycles. The van der Waals surface area contributed by atoms with E-state index < -0.39 is 5.97 Å². The van der Waals surface area contributed by atoms with Crippen LogP contribution in [0.3, 0.4) is 0 Å². The molecule has 1 saturated heterocycles. The molecule has 3 rings (SSSR count). The van der Waals surface area contributed by atoms with E-state index in [-0.39, 0.29) is 5.92 Å². The first-order valence-electron chi connectivity index (χ1n) is 7.39. The minimum atomic E-state index is -0.694. The van der Waals surface area contributed by atoms with E-state index in [2.05, 4.69) is 9.88 Å². The number of aromatic nitrogens is 2. The van der Waals surface area contributed by atoms with Crippen molar-refractivity contribution in [3.63, 3.8) is 0 Å². The fourth-order valence-corrected chi connectivity index (χ4v) is 2.84. The molecule has 0 bridgehead atoms.